The van der Waals surface area contributed by atoms with E-state index in [0.717, 1.165) is 17.9 Å². The van der Waals surface area contributed by atoms with Gasteiger partial charge < -0.3 is 9.80 Å². The first kappa shape index (κ1) is 17.8. The molecule has 1 amide bonds. The molecule has 0 unspecified atom stereocenters. The normalized spacial score (nSPS) is 14.5. The summed E-state index contributed by atoms with van der Waals surface area (Å²) in [5.41, 5.74) is 1.37. The number of nitro groups is 1. The highest BCUT2D eigenvalue weighted by Crippen LogP contribution is 2.20. The van der Waals surface area contributed by atoms with Crippen LogP contribution in [0.25, 0.3) is 5.78 Å². The number of benzene rings is 1. The summed E-state index contributed by atoms with van der Waals surface area (Å²) >= 11 is 0. The quantitative estimate of drug-likeness (QED) is 0.498. The van der Waals surface area contributed by atoms with Crippen molar-refractivity contribution in [2.45, 2.75) is 13.3 Å². The summed E-state index contributed by atoms with van der Waals surface area (Å²) in [6, 6.07) is 7.72. The van der Waals surface area contributed by atoms with Gasteiger partial charge in [-0.05, 0) is 18.6 Å². The summed E-state index contributed by atoms with van der Waals surface area (Å²) < 4.78 is 1.72. The Kier molecular flexibility index (Phi) is 4.60. The van der Waals surface area contributed by atoms with E-state index in [4.69, 9.17) is 0 Å². The fraction of sp³-hybridized carbons (Fsp3) is 0.333. The number of nitrogens with zero attached hydrogens (tertiary/aromatic N) is 7. The van der Waals surface area contributed by atoms with E-state index in [0.29, 0.717) is 37.5 Å². The number of hydrogen-bond acceptors (Lipinski definition) is 7. The molecular weight excluding hydrogens is 362 g/mol. The Morgan fingerprint density at radius 1 is 1.18 bits per heavy atom. The summed E-state index contributed by atoms with van der Waals surface area (Å²) in [7, 11) is 0. The number of fused-ring (bicyclic) bond motifs is 1. The maximum atomic E-state index is 12.7. The highest BCUT2D eigenvalue weighted by Gasteiger charge is 2.24. The van der Waals surface area contributed by atoms with Crippen LogP contribution in [0.4, 0.5) is 11.5 Å². The molecule has 3 heterocycles. The first-order valence-electron chi connectivity index (χ1n) is 9.05. The Labute approximate surface area is 160 Å². The van der Waals surface area contributed by atoms with Gasteiger partial charge in [0.15, 0.2) is 0 Å². The van der Waals surface area contributed by atoms with E-state index in [-0.39, 0.29) is 11.6 Å². The minimum absolute atomic E-state index is 0.0253. The summed E-state index contributed by atoms with van der Waals surface area (Å²) in [5.74, 6) is 1.37. The molecule has 10 nitrogen and oxygen atoms in total. The molecule has 0 spiro atoms. The second kappa shape index (κ2) is 7.22. The van der Waals surface area contributed by atoms with Crippen molar-refractivity contribution in [1.29, 1.82) is 0 Å². The summed E-state index contributed by atoms with van der Waals surface area (Å²) in [6.07, 6.45) is 2.29. The lowest BCUT2D eigenvalue weighted by Crippen LogP contribution is -2.49. The van der Waals surface area contributed by atoms with E-state index in [1.165, 1.54) is 30.6 Å². The van der Waals surface area contributed by atoms with Crippen LogP contribution in [0.5, 0.6) is 0 Å². The Balaban J connectivity index is 1.48. The van der Waals surface area contributed by atoms with E-state index in [9.17, 15) is 14.9 Å². The zero-order chi connectivity index (χ0) is 19.7. The molecule has 1 saturated heterocycles. The lowest BCUT2D eigenvalue weighted by atomic mass is 10.1. The van der Waals surface area contributed by atoms with Crippen molar-refractivity contribution >= 4 is 23.2 Å². The highest BCUT2D eigenvalue weighted by atomic mass is 16.6. The van der Waals surface area contributed by atoms with Gasteiger partial charge in [-0.1, -0.05) is 6.92 Å². The molecule has 4 rings (SSSR count). The second-order valence-electron chi connectivity index (χ2n) is 6.51. The summed E-state index contributed by atoms with van der Waals surface area (Å²) in [6.45, 7) is 4.45. The van der Waals surface area contributed by atoms with Gasteiger partial charge in [0, 0.05) is 55.6 Å². The summed E-state index contributed by atoms with van der Waals surface area (Å²) in [5, 5.41) is 15.0. The van der Waals surface area contributed by atoms with Crippen LogP contribution in [-0.4, -0.2) is 61.5 Å². The molecular formula is C18H19N7O3. The van der Waals surface area contributed by atoms with Crippen molar-refractivity contribution in [2.75, 3.05) is 31.1 Å². The van der Waals surface area contributed by atoms with Gasteiger partial charge in [0.05, 0.1) is 4.92 Å². The molecule has 0 saturated carbocycles. The van der Waals surface area contributed by atoms with E-state index in [1.807, 2.05) is 13.0 Å². The van der Waals surface area contributed by atoms with Crippen LogP contribution < -0.4 is 4.90 Å². The molecule has 1 aliphatic heterocycles. The maximum absolute atomic E-state index is 12.7. The largest absolute Gasteiger partial charge is 0.353 e. The van der Waals surface area contributed by atoms with Crippen molar-refractivity contribution in [3.63, 3.8) is 0 Å². The zero-order valence-corrected chi connectivity index (χ0v) is 15.4. The monoisotopic (exact) mass is 381 g/mol. The lowest BCUT2D eigenvalue weighted by Gasteiger charge is -2.36. The Morgan fingerprint density at radius 2 is 1.89 bits per heavy atom. The number of carbonyl (C=O) groups is 1. The summed E-state index contributed by atoms with van der Waals surface area (Å²) in [4.78, 5) is 35.6. The molecule has 144 valence electrons. The standard InChI is InChI=1S/C18H19N7O3/c1-2-14-11-16(24-18(21-14)19-12-20-24)22-7-9-23(10-8-22)17(26)13-3-5-15(6-4-13)25(27)28/h3-6,11-12H,2,7-10H2,1H3. The average Bonchev–Trinajstić information content (AvgIpc) is 3.21. The number of nitro benzene ring substituents is 1. The third-order valence-electron chi connectivity index (χ3n) is 4.86. The van der Waals surface area contributed by atoms with Crippen molar-refractivity contribution in [3.8, 4) is 0 Å². The number of anilines is 1. The molecule has 0 N–H and O–H groups in total. The average molecular weight is 381 g/mol. The third kappa shape index (κ3) is 3.24. The SMILES string of the molecule is CCc1cc(N2CCN(C(=O)c3ccc([N+](=O)[O-])cc3)CC2)n2ncnc2n1. The van der Waals surface area contributed by atoms with Gasteiger partial charge in [-0.15, -0.1) is 0 Å². The number of aromatic nitrogens is 4. The van der Waals surface area contributed by atoms with Crippen molar-refractivity contribution in [1.82, 2.24) is 24.5 Å². The number of amides is 1. The van der Waals surface area contributed by atoms with E-state index in [2.05, 4.69) is 20.0 Å². The predicted octanol–water partition coefficient (Wildman–Crippen LogP) is 1.56. The molecule has 0 radical (unpaired) electrons. The topological polar surface area (TPSA) is 110 Å². The molecule has 10 heteroatoms. The minimum Gasteiger partial charge on any atom is -0.353 e. The highest BCUT2D eigenvalue weighted by molar-refractivity contribution is 5.94. The van der Waals surface area contributed by atoms with Gasteiger partial charge in [0.2, 0.25) is 0 Å². The molecule has 0 atom stereocenters. The van der Waals surface area contributed by atoms with E-state index in [1.54, 1.807) is 9.42 Å². The predicted molar refractivity (Wildman–Crippen MR) is 101 cm³/mol. The van der Waals surface area contributed by atoms with Gasteiger partial charge in [-0.3, -0.25) is 14.9 Å². The first-order chi connectivity index (χ1) is 13.6. The molecule has 0 bridgehead atoms. The van der Waals surface area contributed by atoms with Crippen molar-refractivity contribution in [2.24, 2.45) is 0 Å². The number of rotatable bonds is 4. The lowest BCUT2D eigenvalue weighted by molar-refractivity contribution is -0.384. The Bertz CT molecular complexity index is 1020. The van der Waals surface area contributed by atoms with Crippen LogP contribution in [0.15, 0.2) is 36.7 Å². The molecule has 28 heavy (non-hydrogen) atoms. The van der Waals surface area contributed by atoms with Crippen LogP contribution >= 0.6 is 0 Å². The number of non-ortho nitro benzene ring substituents is 1. The molecule has 1 fully saturated rings. The van der Waals surface area contributed by atoms with Crippen molar-refractivity contribution < 1.29 is 9.72 Å². The Hall–Kier alpha value is -3.56. The van der Waals surface area contributed by atoms with Crippen molar-refractivity contribution in [3.05, 3.63) is 58.0 Å². The number of aryl methyl sites for hydroxylation is 1. The van der Waals surface area contributed by atoms with Gasteiger partial charge in [0.25, 0.3) is 17.4 Å². The molecule has 1 aromatic carbocycles. The molecule has 1 aliphatic rings. The van der Waals surface area contributed by atoms with E-state index >= 15 is 0 Å². The smallest absolute Gasteiger partial charge is 0.269 e. The molecule has 0 aliphatic carbocycles. The fourth-order valence-electron chi connectivity index (χ4n) is 3.30. The minimum atomic E-state index is -0.475. The van der Waals surface area contributed by atoms with Crippen LogP contribution in [-0.2, 0) is 6.42 Å². The van der Waals surface area contributed by atoms with Gasteiger partial charge >= 0.3 is 0 Å². The Morgan fingerprint density at radius 3 is 2.54 bits per heavy atom. The number of hydrogen-bond donors (Lipinski definition) is 0. The van der Waals surface area contributed by atoms with E-state index < -0.39 is 4.92 Å². The number of piperazine rings is 1. The van der Waals surface area contributed by atoms with Gasteiger partial charge in [0.1, 0.15) is 12.1 Å². The van der Waals surface area contributed by atoms with Gasteiger partial charge in [-0.25, -0.2) is 4.98 Å². The number of carbonyl (C=O) groups excluding carboxylic acids is 1. The molecule has 3 aromatic rings. The van der Waals surface area contributed by atoms with Crippen LogP contribution in [0.1, 0.15) is 23.0 Å². The molecule has 2 aromatic heterocycles. The van der Waals surface area contributed by atoms with Gasteiger partial charge in [-0.2, -0.15) is 14.6 Å². The second-order valence-corrected chi connectivity index (χ2v) is 6.51. The first-order valence-corrected chi connectivity index (χ1v) is 9.05. The third-order valence-corrected chi connectivity index (χ3v) is 4.86. The zero-order valence-electron chi connectivity index (χ0n) is 15.4. The van der Waals surface area contributed by atoms with Crippen LogP contribution in [0.3, 0.4) is 0 Å². The van der Waals surface area contributed by atoms with Crippen LogP contribution in [0, 0.1) is 10.1 Å². The van der Waals surface area contributed by atoms with Crippen LogP contribution in [0.2, 0.25) is 0 Å². The maximum Gasteiger partial charge on any atom is 0.269 e. The fourth-order valence-corrected chi connectivity index (χ4v) is 3.30.